The van der Waals surface area contributed by atoms with E-state index < -0.39 is 17.1 Å². The van der Waals surface area contributed by atoms with Gasteiger partial charge in [0.1, 0.15) is 0 Å². The average Bonchev–Trinajstić information content (AvgIpc) is 2.95. The summed E-state index contributed by atoms with van der Waals surface area (Å²) < 4.78 is 11.2. The molecule has 6 heteroatoms. The summed E-state index contributed by atoms with van der Waals surface area (Å²) in [6, 6.07) is 3.51. The molecule has 25 heavy (non-hydrogen) atoms. The van der Waals surface area contributed by atoms with Crippen molar-refractivity contribution < 1.29 is 24.5 Å². The van der Waals surface area contributed by atoms with Gasteiger partial charge in [0.25, 0.3) is 0 Å². The predicted octanol–water partition coefficient (Wildman–Crippen LogP) is 0.762. The second kappa shape index (κ2) is 4.96. The van der Waals surface area contributed by atoms with Gasteiger partial charge in [-0.15, -0.1) is 0 Å². The van der Waals surface area contributed by atoms with Gasteiger partial charge in [-0.25, -0.2) is 0 Å². The lowest BCUT2D eigenvalue weighted by Crippen LogP contribution is -2.76. The molecule has 2 aliphatic carbocycles. The first-order chi connectivity index (χ1) is 12.0. The van der Waals surface area contributed by atoms with E-state index in [-0.39, 0.29) is 17.6 Å². The number of phenols is 1. The number of nitrogens with zero attached hydrogens (tertiary/aromatic N) is 1. The molecule has 134 valence electrons. The normalized spacial score (nSPS) is 38.4. The first-order valence-corrected chi connectivity index (χ1v) is 9.03. The Morgan fingerprint density at radius 1 is 1.40 bits per heavy atom. The summed E-state index contributed by atoms with van der Waals surface area (Å²) in [7, 11) is 1.69. The van der Waals surface area contributed by atoms with Gasteiger partial charge in [0.15, 0.2) is 23.4 Å². The summed E-state index contributed by atoms with van der Waals surface area (Å²) in [6.07, 6.45) is 1.45. The number of hydrogen-bond acceptors (Lipinski definition) is 6. The number of ketones is 1. The first-order valence-electron chi connectivity index (χ1n) is 9.03. The van der Waals surface area contributed by atoms with Gasteiger partial charge < -0.3 is 19.7 Å². The van der Waals surface area contributed by atoms with Crippen LogP contribution < -0.4 is 4.74 Å². The van der Waals surface area contributed by atoms with Crippen LogP contribution in [0.25, 0.3) is 0 Å². The van der Waals surface area contributed by atoms with Crippen LogP contribution in [0.2, 0.25) is 0 Å². The molecule has 5 rings (SSSR count). The van der Waals surface area contributed by atoms with E-state index in [0.29, 0.717) is 38.0 Å². The SMILES string of the molecule is COCCN1CC[C@]23c4c5ccc(O)c4O[C@H]2C(=O)CC[C@@]3(O)[C@H]1C5. The summed E-state index contributed by atoms with van der Waals surface area (Å²) >= 11 is 0. The van der Waals surface area contributed by atoms with E-state index >= 15 is 0 Å². The Balaban J connectivity index is 1.72. The number of aromatic hydroxyl groups is 1. The van der Waals surface area contributed by atoms with Crippen LogP contribution in [-0.2, 0) is 21.4 Å². The second-order valence-corrected chi connectivity index (χ2v) is 7.81. The number of rotatable bonds is 3. The molecule has 0 unspecified atom stereocenters. The van der Waals surface area contributed by atoms with Crippen molar-refractivity contribution in [2.24, 2.45) is 0 Å². The molecule has 1 aromatic carbocycles. The highest BCUT2D eigenvalue weighted by molar-refractivity contribution is 5.90. The minimum Gasteiger partial charge on any atom is -0.504 e. The maximum Gasteiger partial charge on any atom is 0.174 e. The van der Waals surface area contributed by atoms with Crippen molar-refractivity contribution >= 4 is 5.78 Å². The van der Waals surface area contributed by atoms with Gasteiger partial charge >= 0.3 is 0 Å². The van der Waals surface area contributed by atoms with Crippen LogP contribution in [0, 0.1) is 0 Å². The smallest absolute Gasteiger partial charge is 0.174 e. The topological polar surface area (TPSA) is 79.2 Å². The summed E-state index contributed by atoms with van der Waals surface area (Å²) in [5, 5.41) is 22.2. The Bertz CT molecular complexity index is 764. The number of phenolic OH excluding ortho intramolecular Hbond substituents is 1. The minimum atomic E-state index is -1.01. The predicted molar refractivity (Wildman–Crippen MR) is 88.9 cm³/mol. The number of carbonyl (C=O) groups is 1. The number of methoxy groups -OCH3 is 1. The Morgan fingerprint density at radius 2 is 2.24 bits per heavy atom. The fraction of sp³-hybridized carbons (Fsp3) is 0.632. The number of hydrogen-bond donors (Lipinski definition) is 2. The first kappa shape index (κ1) is 15.6. The van der Waals surface area contributed by atoms with Gasteiger partial charge in [-0.2, -0.15) is 0 Å². The molecule has 4 atom stereocenters. The second-order valence-electron chi connectivity index (χ2n) is 7.81. The van der Waals surface area contributed by atoms with Crippen molar-refractivity contribution in [2.45, 2.75) is 48.8 Å². The number of ether oxygens (including phenoxy) is 2. The van der Waals surface area contributed by atoms with E-state index in [0.717, 1.165) is 24.2 Å². The van der Waals surface area contributed by atoms with E-state index in [9.17, 15) is 15.0 Å². The van der Waals surface area contributed by atoms with Gasteiger partial charge in [0, 0.05) is 31.7 Å². The number of carbonyl (C=O) groups excluding carboxylic acids is 1. The van der Waals surface area contributed by atoms with E-state index in [2.05, 4.69) is 4.90 Å². The summed E-state index contributed by atoms with van der Waals surface area (Å²) in [4.78, 5) is 15.0. The molecule has 2 fully saturated rings. The van der Waals surface area contributed by atoms with Crippen molar-refractivity contribution in [3.8, 4) is 11.5 Å². The lowest BCUT2D eigenvalue weighted by Gasteiger charge is -2.62. The molecule has 0 amide bonds. The van der Waals surface area contributed by atoms with E-state index in [1.54, 1.807) is 13.2 Å². The number of likely N-dealkylation sites (tertiary alicyclic amines) is 1. The van der Waals surface area contributed by atoms with Crippen molar-refractivity contribution in [1.82, 2.24) is 4.90 Å². The molecule has 0 radical (unpaired) electrons. The Labute approximate surface area is 146 Å². The number of piperidine rings is 1. The van der Waals surface area contributed by atoms with Gasteiger partial charge in [-0.05, 0) is 37.4 Å². The minimum absolute atomic E-state index is 0.0391. The zero-order valence-electron chi connectivity index (χ0n) is 14.3. The highest BCUT2D eigenvalue weighted by Gasteiger charge is 2.73. The highest BCUT2D eigenvalue weighted by atomic mass is 16.5. The van der Waals surface area contributed by atoms with Crippen LogP contribution in [0.5, 0.6) is 11.5 Å². The Hall–Kier alpha value is -1.63. The van der Waals surface area contributed by atoms with Crippen LogP contribution in [0.15, 0.2) is 12.1 Å². The summed E-state index contributed by atoms with van der Waals surface area (Å²) in [6.45, 7) is 2.17. The van der Waals surface area contributed by atoms with Crippen LogP contribution in [0.3, 0.4) is 0 Å². The summed E-state index contributed by atoms with van der Waals surface area (Å²) in [5.41, 5.74) is 0.236. The van der Waals surface area contributed by atoms with Crippen molar-refractivity contribution in [2.75, 3.05) is 26.8 Å². The van der Waals surface area contributed by atoms with E-state index in [1.165, 1.54) is 0 Å². The average molecular weight is 345 g/mol. The zero-order valence-corrected chi connectivity index (χ0v) is 14.3. The maximum absolute atomic E-state index is 12.7. The van der Waals surface area contributed by atoms with Crippen LogP contribution in [0.1, 0.15) is 30.4 Å². The standard InChI is InChI=1S/C19H23NO5/c1-24-9-8-20-7-6-18-15-11-2-3-12(21)16(15)25-17(18)13(22)4-5-19(18,23)14(20)10-11/h2-3,14,17,21,23H,4-10H2,1H3/t14-,17+,18+,19-/m1/s1. The number of aliphatic hydroxyl groups is 1. The van der Waals surface area contributed by atoms with Gasteiger partial charge in [-0.1, -0.05) is 6.07 Å². The third-order valence-electron chi connectivity index (χ3n) is 6.95. The van der Waals surface area contributed by atoms with E-state index in [4.69, 9.17) is 9.47 Å². The van der Waals surface area contributed by atoms with Crippen LogP contribution >= 0.6 is 0 Å². The van der Waals surface area contributed by atoms with Gasteiger partial charge in [0.2, 0.25) is 0 Å². The fourth-order valence-electron chi connectivity index (χ4n) is 5.89. The maximum atomic E-state index is 12.7. The lowest BCUT2D eigenvalue weighted by molar-refractivity contribution is -0.189. The molecule has 2 heterocycles. The number of benzene rings is 1. The molecule has 1 aromatic rings. The molecule has 2 aliphatic heterocycles. The monoisotopic (exact) mass is 345 g/mol. The van der Waals surface area contributed by atoms with E-state index in [1.807, 2.05) is 6.07 Å². The molecular weight excluding hydrogens is 322 g/mol. The molecule has 6 nitrogen and oxygen atoms in total. The summed E-state index contributed by atoms with van der Waals surface area (Å²) in [5.74, 6) is 0.523. The third kappa shape index (κ3) is 1.68. The van der Waals surface area contributed by atoms with Crippen molar-refractivity contribution in [3.63, 3.8) is 0 Å². The largest absolute Gasteiger partial charge is 0.504 e. The molecule has 0 aromatic heterocycles. The van der Waals surface area contributed by atoms with Gasteiger partial charge in [-0.3, -0.25) is 9.69 Å². The highest BCUT2D eigenvalue weighted by Crippen LogP contribution is 2.64. The lowest BCUT2D eigenvalue weighted by atomic mass is 9.49. The van der Waals surface area contributed by atoms with Crippen molar-refractivity contribution in [3.05, 3.63) is 23.3 Å². The fourth-order valence-corrected chi connectivity index (χ4v) is 5.89. The van der Waals surface area contributed by atoms with Gasteiger partial charge in [0.05, 0.1) is 17.6 Å². The molecule has 1 saturated heterocycles. The molecule has 2 N–H and O–H groups in total. The molecular formula is C19H23NO5. The molecule has 4 aliphatic rings. The molecule has 1 spiro atoms. The van der Waals surface area contributed by atoms with Crippen LogP contribution in [-0.4, -0.2) is 65.4 Å². The molecule has 1 saturated carbocycles. The Morgan fingerprint density at radius 3 is 3.04 bits per heavy atom. The Kier molecular flexibility index (Phi) is 3.10. The quantitative estimate of drug-likeness (QED) is 0.842. The number of Topliss-reactive ketones (excluding diaryl/α,β-unsaturated/α-hetero) is 1. The third-order valence-corrected chi connectivity index (χ3v) is 6.95. The van der Waals surface area contributed by atoms with Crippen molar-refractivity contribution in [1.29, 1.82) is 0 Å². The van der Waals surface area contributed by atoms with Crippen LogP contribution in [0.4, 0.5) is 0 Å². The molecule has 2 bridgehead atoms. The zero-order chi connectivity index (χ0) is 17.4.